The Bertz CT molecular complexity index is 1140. The zero-order valence-electron chi connectivity index (χ0n) is 24.3. The van der Waals surface area contributed by atoms with Gasteiger partial charge >= 0.3 is 5.97 Å². The number of allylic oxidation sites excluding steroid dienone is 2. The highest BCUT2D eigenvalue weighted by atomic mass is 16.7. The van der Waals surface area contributed by atoms with Gasteiger partial charge in [-0.05, 0) is 55.7 Å². The van der Waals surface area contributed by atoms with Gasteiger partial charge in [-0.3, -0.25) is 9.59 Å². The largest absolute Gasteiger partial charge is 0.462 e. The molecule has 1 spiro atoms. The van der Waals surface area contributed by atoms with Crippen molar-refractivity contribution in [2.45, 2.75) is 115 Å². The quantitative estimate of drug-likeness (QED) is 0.367. The van der Waals surface area contributed by atoms with Crippen LogP contribution < -0.4 is 0 Å². The van der Waals surface area contributed by atoms with Crippen LogP contribution in [0, 0.1) is 17.8 Å². The molecule has 2 bridgehead atoms. The maximum absolute atomic E-state index is 13.8. The molecule has 3 fully saturated rings. The monoisotopic (exact) mass is 556 g/mol. The van der Waals surface area contributed by atoms with Crippen LogP contribution in [-0.4, -0.2) is 70.5 Å². The minimum Gasteiger partial charge on any atom is -0.462 e. The predicted octanol–water partition coefficient (Wildman–Crippen LogP) is 4.10. The van der Waals surface area contributed by atoms with Crippen LogP contribution >= 0.6 is 0 Å². The molecule has 0 radical (unpaired) electrons. The Balaban J connectivity index is 1.54. The van der Waals surface area contributed by atoms with E-state index >= 15 is 0 Å². The summed E-state index contributed by atoms with van der Waals surface area (Å²) in [5, 5.41) is 23.0. The van der Waals surface area contributed by atoms with Crippen molar-refractivity contribution in [2.24, 2.45) is 17.8 Å². The maximum Gasteiger partial charge on any atom is 0.316 e. The van der Waals surface area contributed by atoms with Crippen molar-refractivity contribution in [3.63, 3.8) is 0 Å². The van der Waals surface area contributed by atoms with Gasteiger partial charge in [-0.1, -0.05) is 51.2 Å². The fraction of sp³-hybridized carbons (Fsp3) is 0.688. The number of ketones is 1. The van der Waals surface area contributed by atoms with E-state index in [0.717, 1.165) is 18.4 Å². The molecule has 10 atom stereocenters. The second-order valence-electron chi connectivity index (χ2n) is 12.5. The standard InChI is InChI=1S/C32H44O8/c1-6-26-18(2)12-13-31(40-26)16-24-15-23(39-31)11-10-20(4)27(33)19(3)8-7-9-22-17-37-29-28(34)21(5)14-25(30(35)38-24)32(22,29)36/h7-10,14,18-19,23-27,29,33,36H,6,11-13,15-17H2,1-5H3/b8-7+,20-10+,22-9+/t18-,19-,23+,24-,25-,26+,27+,29+,31+,32+/m0/s1. The lowest BCUT2D eigenvalue weighted by Gasteiger charge is -2.49. The van der Waals surface area contributed by atoms with Gasteiger partial charge in [0.15, 0.2) is 17.7 Å². The molecule has 40 heavy (non-hydrogen) atoms. The van der Waals surface area contributed by atoms with E-state index < -0.39 is 41.6 Å². The van der Waals surface area contributed by atoms with E-state index in [9.17, 15) is 19.8 Å². The molecule has 220 valence electrons. The summed E-state index contributed by atoms with van der Waals surface area (Å²) >= 11 is 0. The molecule has 0 aromatic carbocycles. The normalized spacial score (nSPS) is 47.8. The van der Waals surface area contributed by atoms with Crippen molar-refractivity contribution in [1.29, 1.82) is 0 Å². The average molecular weight is 557 g/mol. The maximum atomic E-state index is 13.8. The van der Waals surface area contributed by atoms with Crippen LogP contribution in [0.3, 0.4) is 0 Å². The van der Waals surface area contributed by atoms with E-state index in [0.29, 0.717) is 42.7 Å². The van der Waals surface area contributed by atoms with Gasteiger partial charge < -0.3 is 29.2 Å². The lowest BCUT2D eigenvalue weighted by atomic mass is 9.71. The Morgan fingerprint density at radius 1 is 1.12 bits per heavy atom. The van der Waals surface area contributed by atoms with Gasteiger partial charge in [0.1, 0.15) is 17.6 Å². The summed E-state index contributed by atoms with van der Waals surface area (Å²) in [6.45, 7) is 9.78. The third-order valence-corrected chi connectivity index (χ3v) is 9.58. The lowest BCUT2D eigenvalue weighted by molar-refractivity contribution is -0.335. The first-order chi connectivity index (χ1) is 19.0. The highest BCUT2D eigenvalue weighted by Gasteiger charge is 2.60. The highest BCUT2D eigenvalue weighted by Crippen LogP contribution is 2.46. The molecule has 5 rings (SSSR count). The first kappa shape index (κ1) is 29.4. The van der Waals surface area contributed by atoms with Crippen molar-refractivity contribution in [1.82, 2.24) is 0 Å². The molecule has 0 aromatic heterocycles. The number of aliphatic hydroxyl groups excluding tert-OH is 1. The van der Waals surface area contributed by atoms with Crippen molar-refractivity contribution in [2.75, 3.05) is 6.61 Å². The summed E-state index contributed by atoms with van der Waals surface area (Å²) in [5.74, 6) is -2.67. The first-order valence-corrected chi connectivity index (χ1v) is 14.8. The molecule has 8 nitrogen and oxygen atoms in total. The molecule has 0 amide bonds. The third-order valence-electron chi connectivity index (χ3n) is 9.58. The van der Waals surface area contributed by atoms with Crippen LogP contribution in [0.4, 0.5) is 0 Å². The number of aliphatic hydroxyl groups is 2. The molecular formula is C32H44O8. The van der Waals surface area contributed by atoms with Crippen LogP contribution in [0.15, 0.2) is 47.1 Å². The lowest BCUT2D eigenvalue weighted by Crippen LogP contribution is -2.57. The summed E-state index contributed by atoms with van der Waals surface area (Å²) in [7, 11) is 0. The van der Waals surface area contributed by atoms with Gasteiger partial charge in [-0.25, -0.2) is 0 Å². The summed E-state index contributed by atoms with van der Waals surface area (Å²) in [5.41, 5.74) is -0.207. The van der Waals surface area contributed by atoms with Crippen molar-refractivity contribution in [3.8, 4) is 0 Å². The van der Waals surface area contributed by atoms with E-state index in [2.05, 4.69) is 13.8 Å². The average Bonchev–Trinajstić information content (AvgIpc) is 3.26. The molecule has 0 aromatic rings. The topological polar surface area (TPSA) is 112 Å². The van der Waals surface area contributed by atoms with Crippen LogP contribution in [0.1, 0.15) is 73.1 Å². The van der Waals surface area contributed by atoms with Gasteiger partial charge in [0.25, 0.3) is 0 Å². The number of fused-ring (bicyclic) bond motifs is 2. The minimum atomic E-state index is -1.85. The molecule has 0 saturated carbocycles. The number of carbonyl (C=O) groups excluding carboxylic acids is 2. The molecule has 0 unspecified atom stereocenters. The SMILES string of the molecule is CC[C@H]1O[C@]2(CC[C@@H]1C)C[C@@H]1C[C@@H](C/C=C(\C)[C@H](O)[C@@H](C)/C=C/C=C3\CO[C@@H]4C(=O)C(C)=C[C@@H](C(=O)O1)[C@]34O)O2. The van der Waals surface area contributed by atoms with Gasteiger partial charge in [-0.15, -0.1) is 0 Å². The Kier molecular flexibility index (Phi) is 8.30. The summed E-state index contributed by atoms with van der Waals surface area (Å²) in [4.78, 5) is 26.8. The molecule has 3 saturated heterocycles. The van der Waals surface area contributed by atoms with E-state index in [4.69, 9.17) is 18.9 Å². The van der Waals surface area contributed by atoms with E-state index in [1.807, 2.05) is 26.0 Å². The Morgan fingerprint density at radius 2 is 1.90 bits per heavy atom. The molecule has 4 heterocycles. The fourth-order valence-electron chi connectivity index (χ4n) is 7.02. The summed E-state index contributed by atoms with van der Waals surface area (Å²) in [6.07, 6.45) is 10.2. The Labute approximate surface area is 237 Å². The molecular weight excluding hydrogens is 512 g/mol. The van der Waals surface area contributed by atoms with Gasteiger partial charge in [0, 0.05) is 25.2 Å². The number of rotatable bonds is 1. The van der Waals surface area contributed by atoms with Crippen molar-refractivity contribution in [3.05, 3.63) is 47.1 Å². The minimum absolute atomic E-state index is 0.0187. The molecule has 5 aliphatic rings. The van der Waals surface area contributed by atoms with Crippen LogP contribution in [0.2, 0.25) is 0 Å². The van der Waals surface area contributed by atoms with E-state index in [-0.39, 0.29) is 30.5 Å². The van der Waals surface area contributed by atoms with Crippen LogP contribution in [-0.2, 0) is 28.5 Å². The summed E-state index contributed by atoms with van der Waals surface area (Å²) < 4.78 is 25.2. The smallest absolute Gasteiger partial charge is 0.316 e. The van der Waals surface area contributed by atoms with Gasteiger partial charge in [0.2, 0.25) is 0 Å². The van der Waals surface area contributed by atoms with Gasteiger partial charge in [-0.2, -0.15) is 0 Å². The van der Waals surface area contributed by atoms with Crippen molar-refractivity contribution < 1.29 is 38.7 Å². The number of carbonyl (C=O) groups is 2. The van der Waals surface area contributed by atoms with Crippen LogP contribution in [0.5, 0.6) is 0 Å². The Hall–Kier alpha value is -2.10. The van der Waals surface area contributed by atoms with Gasteiger partial charge in [0.05, 0.1) is 24.9 Å². The van der Waals surface area contributed by atoms with Crippen molar-refractivity contribution >= 4 is 11.8 Å². The Morgan fingerprint density at radius 3 is 2.65 bits per heavy atom. The molecule has 1 aliphatic carbocycles. The summed E-state index contributed by atoms with van der Waals surface area (Å²) in [6, 6.07) is 0. The second kappa shape index (κ2) is 11.3. The molecule has 8 heteroatoms. The van der Waals surface area contributed by atoms with E-state index in [1.165, 1.54) is 6.08 Å². The number of hydrogen-bond acceptors (Lipinski definition) is 8. The second-order valence-corrected chi connectivity index (χ2v) is 12.5. The number of ether oxygens (including phenoxy) is 4. The number of Topliss-reactive ketones (excluding diaryl/α,β-unsaturated/α-hetero) is 1. The zero-order chi connectivity index (χ0) is 28.8. The molecule has 4 aliphatic heterocycles. The predicted molar refractivity (Wildman–Crippen MR) is 148 cm³/mol. The zero-order valence-corrected chi connectivity index (χ0v) is 24.3. The third kappa shape index (κ3) is 5.29. The van der Waals surface area contributed by atoms with E-state index in [1.54, 1.807) is 19.1 Å². The first-order valence-electron chi connectivity index (χ1n) is 14.8. The number of hydrogen-bond donors (Lipinski definition) is 2. The molecule has 2 N–H and O–H groups in total. The fourth-order valence-corrected chi connectivity index (χ4v) is 7.02. The number of esters is 1. The highest BCUT2D eigenvalue weighted by molar-refractivity contribution is 6.03. The van der Waals surface area contributed by atoms with Crippen LogP contribution in [0.25, 0.3) is 0 Å².